The predicted octanol–water partition coefficient (Wildman–Crippen LogP) is 2.13. The van der Waals surface area contributed by atoms with E-state index in [0.29, 0.717) is 13.1 Å². The predicted molar refractivity (Wildman–Crippen MR) is 84.8 cm³/mol. The highest BCUT2D eigenvalue weighted by Gasteiger charge is 2.07. The molecule has 22 heavy (non-hydrogen) atoms. The molecule has 2 rings (SSSR count). The number of hydrogen-bond acceptors (Lipinski definition) is 3. The number of aliphatic imine (C=N–C) groups is 1. The number of benzene rings is 1. The molecule has 0 amide bonds. The van der Waals surface area contributed by atoms with E-state index in [-0.39, 0.29) is 5.82 Å². The number of rotatable bonds is 4. The summed E-state index contributed by atoms with van der Waals surface area (Å²) in [4.78, 5) is 14.6. The third-order valence-corrected chi connectivity index (χ3v) is 3.17. The molecule has 1 aromatic heterocycles. The topological polar surface area (TPSA) is 53.4 Å². The van der Waals surface area contributed by atoms with E-state index in [1.165, 1.54) is 12.1 Å². The Morgan fingerprint density at radius 1 is 1.27 bits per heavy atom. The van der Waals surface area contributed by atoms with Crippen LogP contribution in [-0.4, -0.2) is 34.9 Å². The molecule has 0 bridgehead atoms. The van der Waals surface area contributed by atoms with Crippen molar-refractivity contribution in [2.75, 3.05) is 14.1 Å². The molecule has 1 N–H and O–H groups in total. The molecule has 0 saturated heterocycles. The van der Waals surface area contributed by atoms with Gasteiger partial charge in [0.05, 0.1) is 12.2 Å². The molecule has 0 spiro atoms. The van der Waals surface area contributed by atoms with Gasteiger partial charge in [0.25, 0.3) is 0 Å². The van der Waals surface area contributed by atoms with Crippen LogP contribution in [0.15, 0.2) is 41.5 Å². The Morgan fingerprint density at radius 2 is 2.00 bits per heavy atom. The van der Waals surface area contributed by atoms with Crippen molar-refractivity contribution >= 4 is 5.96 Å². The van der Waals surface area contributed by atoms with Gasteiger partial charge in [-0.2, -0.15) is 0 Å². The van der Waals surface area contributed by atoms with Gasteiger partial charge in [0.2, 0.25) is 0 Å². The average molecular weight is 301 g/mol. The van der Waals surface area contributed by atoms with Crippen LogP contribution in [0.5, 0.6) is 0 Å². The Hall–Kier alpha value is -2.50. The van der Waals surface area contributed by atoms with Crippen molar-refractivity contribution in [2.45, 2.75) is 20.0 Å². The second-order valence-electron chi connectivity index (χ2n) is 4.98. The van der Waals surface area contributed by atoms with E-state index in [9.17, 15) is 4.39 Å². The van der Waals surface area contributed by atoms with Gasteiger partial charge >= 0.3 is 0 Å². The maximum Gasteiger partial charge on any atom is 0.194 e. The van der Waals surface area contributed by atoms with Gasteiger partial charge in [0.1, 0.15) is 11.6 Å². The van der Waals surface area contributed by atoms with Gasteiger partial charge in [-0.15, -0.1) is 0 Å². The average Bonchev–Trinajstić information content (AvgIpc) is 2.50. The lowest BCUT2D eigenvalue weighted by Crippen LogP contribution is -2.38. The summed E-state index contributed by atoms with van der Waals surface area (Å²) in [6.07, 6.45) is 1.74. The summed E-state index contributed by atoms with van der Waals surface area (Å²) in [5.74, 6) is 1.27. The minimum Gasteiger partial charge on any atom is -0.351 e. The van der Waals surface area contributed by atoms with Crippen LogP contribution in [0.1, 0.15) is 17.1 Å². The Balaban J connectivity index is 1.94. The number of halogens is 1. The summed E-state index contributed by atoms with van der Waals surface area (Å²) >= 11 is 0. The van der Waals surface area contributed by atoms with Crippen molar-refractivity contribution in [3.63, 3.8) is 0 Å². The number of nitrogens with zero attached hydrogens (tertiary/aromatic N) is 4. The minimum absolute atomic E-state index is 0.229. The molecule has 0 unspecified atom stereocenters. The van der Waals surface area contributed by atoms with Crippen LogP contribution in [-0.2, 0) is 13.1 Å². The quantitative estimate of drug-likeness (QED) is 0.694. The van der Waals surface area contributed by atoms with Gasteiger partial charge in [0.15, 0.2) is 5.96 Å². The fourth-order valence-corrected chi connectivity index (χ4v) is 2.10. The molecule has 0 aliphatic heterocycles. The van der Waals surface area contributed by atoms with Crippen molar-refractivity contribution in [1.29, 1.82) is 0 Å². The van der Waals surface area contributed by atoms with Crippen molar-refractivity contribution in [1.82, 2.24) is 20.2 Å². The normalized spacial score (nSPS) is 11.4. The van der Waals surface area contributed by atoms with Crippen LogP contribution in [0.4, 0.5) is 4.39 Å². The third-order valence-electron chi connectivity index (χ3n) is 3.17. The number of aromatic nitrogens is 2. The summed E-state index contributed by atoms with van der Waals surface area (Å²) < 4.78 is 12.9. The molecule has 0 saturated carbocycles. The molecule has 1 aromatic carbocycles. The van der Waals surface area contributed by atoms with Crippen LogP contribution in [0.3, 0.4) is 0 Å². The molecular formula is C16H20FN5. The van der Waals surface area contributed by atoms with Crippen LogP contribution in [0, 0.1) is 12.7 Å². The first-order chi connectivity index (χ1) is 10.6. The molecule has 116 valence electrons. The lowest BCUT2D eigenvalue weighted by atomic mass is 10.2. The van der Waals surface area contributed by atoms with Gasteiger partial charge in [-0.1, -0.05) is 12.1 Å². The fourth-order valence-electron chi connectivity index (χ4n) is 2.10. The zero-order valence-corrected chi connectivity index (χ0v) is 13.0. The van der Waals surface area contributed by atoms with Crippen molar-refractivity contribution in [3.8, 4) is 0 Å². The molecular weight excluding hydrogens is 281 g/mol. The Labute approximate surface area is 129 Å². The largest absolute Gasteiger partial charge is 0.351 e. The Kier molecular flexibility index (Phi) is 5.41. The number of nitrogens with one attached hydrogen (secondary N) is 1. The lowest BCUT2D eigenvalue weighted by molar-refractivity contribution is 0.475. The van der Waals surface area contributed by atoms with Gasteiger partial charge < -0.3 is 10.2 Å². The zero-order chi connectivity index (χ0) is 15.9. The van der Waals surface area contributed by atoms with Gasteiger partial charge in [-0.3, -0.25) is 4.99 Å². The van der Waals surface area contributed by atoms with Crippen LogP contribution in [0.25, 0.3) is 0 Å². The molecule has 0 fully saturated rings. The van der Waals surface area contributed by atoms with Crippen LogP contribution in [0.2, 0.25) is 0 Å². The maximum absolute atomic E-state index is 12.9. The lowest BCUT2D eigenvalue weighted by Gasteiger charge is -2.22. The molecule has 0 atom stereocenters. The summed E-state index contributed by atoms with van der Waals surface area (Å²) in [6.45, 7) is 3.07. The molecule has 6 heteroatoms. The van der Waals surface area contributed by atoms with Gasteiger partial charge in [0, 0.05) is 26.8 Å². The summed E-state index contributed by atoms with van der Waals surface area (Å²) in [7, 11) is 3.67. The van der Waals surface area contributed by atoms with Crippen LogP contribution < -0.4 is 5.32 Å². The van der Waals surface area contributed by atoms with E-state index in [2.05, 4.69) is 20.3 Å². The van der Waals surface area contributed by atoms with Crippen molar-refractivity contribution < 1.29 is 4.39 Å². The number of hydrogen-bond donors (Lipinski definition) is 1. The Morgan fingerprint density at radius 3 is 2.64 bits per heavy atom. The van der Waals surface area contributed by atoms with Crippen molar-refractivity contribution in [3.05, 3.63) is 59.4 Å². The highest BCUT2D eigenvalue weighted by atomic mass is 19.1. The first kappa shape index (κ1) is 15.9. The van der Waals surface area contributed by atoms with E-state index in [1.807, 2.05) is 24.9 Å². The van der Waals surface area contributed by atoms with E-state index < -0.39 is 0 Å². The highest BCUT2D eigenvalue weighted by molar-refractivity contribution is 5.79. The van der Waals surface area contributed by atoms with Gasteiger partial charge in [-0.25, -0.2) is 14.4 Å². The molecule has 2 aromatic rings. The highest BCUT2D eigenvalue weighted by Crippen LogP contribution is 2.06. The maximum atomic E-state index is 12.9. The minimum atomic E-state index is -0.229. The number of aryl methyl sites for hydroxylation is 1. The van der Waals surface area contributed by atoms with Crippen LogP contribution >= 0.6 is 0 Å². The second-order valence-corrected chi connectivity index (χ2v) is 4.98. The second kappa shape index (κ2) is 7.49. The first-order valence-electron chi connectivity index (χ1n) is 7.03. The Bertz CT molecular complexity index is 639. The monoisotopic (exact) mass is 301 g/mol. The summed E-state index contributed by atoms with van der Waals surface area (Å²) in [5.41, 5.74) is 1.92. The number of guanidine groups is 1. The third kappa shape index (κ3) is 4.51. The van der Waals surface area contributed by atoms with E-state index in [0.717, 1.165) is 23.0 Å². The standard InChI is InChI=1S/C16H20FN5/c1-12-19-9-8-15(21-12)10-20-16(18-2)22(3)11-13-4-6-14(17)7-5-13/h4-9H,10-11H2,1-3H3,(H,18,20). The van der Waals surface area contributed by atoms with Gasteiger partial charge in [-0.05, 0) is 30.7 Å². The molecule has 0 aliphatic carbocycles. The fraction of sp³-hybridized carbons (Fsp3) is 0.312. The van der Waals surface area contributed by atoms with E-state index in [4.69, 9.17) is 0 Å². The SMILES string of the molecule is CN=C(NCc1ccnc(C)n1)N(C)Cc1ccc(F)cc1. The molecule has 0 aliphatic rings. The smallest absolute Gasteiger partial charge is 0.194 e. The summed E-state index contributed by atoms with van der Waals surface area (Å²) in [5, 5.41) is 3.26. The summed E-state index contributed by atoms with van der Waals surface area (Å²) in [6, 6.07) is 8.33. The first-order valence-corrected chi connectivity index (χ1v) is 7.03. The molecule has 5 nitrogen and oxygen atoms in total. The van der Waals surface area contributed by atoms with E-state index >= 15 is 0 Å². The zero-order valence-electron chi connectivity index (χ0n) is 13.0. The molecule has 0 radical (unpaired) electrons. The molecule has 1 heterocycles. The van der Waals surface area contributed by atoms with E-state index in [1.54, 1.807) is 25.4 Å². The van der Waals surface area contributed by atoms with Crippen molar-refractivity contribution in [2.24, 2.45) is 4.99 Å².